The molecular formula is C15H22FNOS. The van der Waals surface area contributed by atoms with Crippen molar-refractivity contribution >= 4 is 11.8 Å². The van der Waals surface area contributed by atoms with Gasteiger partial charge in [0.15, 0.2) is 0 Å². The number of ether oxygens (including phenoxy) is 1. The Hall–Kier alpha value is -0.740. The Morgan fingerprint density at radius 1 is 1.42 bits per heavy atom. The first-order chi connectivity index (χ1) is 9.29. The highest BCUT2D eigenvalue weighted by atomic mass is 32.2. The molecule has 0 atom stereocenters. The average Bonchev–Trinajstić information content (AvgIpc) is 3.22. The minimum atomic E-state index is -0.193. The fraction of sp³-hybridized carbons (Fsp3) is 0.600. The van der Waals surface area contributed by atoms with Crippen molar-refractivity contribution in [3.8, 4) is 5.75 Å². The normalized spacial score (nSPS) is 14.6. The fourth-order valence-electron chi connectivity index (χ4n) is 1.86. The van der Waals surface area contributed by atoms with E-state index >= 15 is 0 Å². The maximum atomic E-state index is 13.3. The first kappa shape index (κ1) is 14.7. The van der Waals surface area contributed by atoms with Gasteiger partial charge in [-0.2, -0.15) is 11.8 Å². The molecule has 0 radical (unpaired) electrons. The van der Waals surface area contributed by atoms with Crippen LogP contribution in [0.25, 0.3) is 0 Å². The zero-order chi connectivity index (χ0) is 13.5. The van der Waals surface area contributed by atoms with Crippen LogP contribution in [0.2, 0.25) is 0 Å². The standard InChI is InChI=1S/C15H22FNOS/c1-2-19-9-3-8-18-15-7-4-13(16)10-12(15)11-17-14-5-6-14/h4,7,10,14,17H,2-3,5-6,8-9,11H2,1H3. The van der Waals surface area contributed by atoms with Gasteiger partial charge in [0.05, 0.1) is 6.61 Å². The largest absolute Gasteiger partial charge is 0.493 e. The monoisotopic (exact) mass is 283 g/mol. The molecule has 1 aliphatic rings. The molecule has 0 spiro atoms. The van der Waals surface area contributed by atoms with Gasteiger partial charge < -0.3 is 10.1 Å². The van der Waals surface area contributed by atoms with E-state index in [4.69, 9.17) is 4.74 Å². The number of hydrogen-bond donors (Lipinski definition) is 1. The fourth-order valence-corrected chi connectivity index (χ4v) is 2.47. The van der Waals surface area contributed by atoms with Gasteiger partial charge >= 0.3 is 0 Å². The molecule has 1 fully saturated rings. The molecule has 1 aromatic rings. The molecule has 0 saturated heterocycles. The number of benzene rings is 1. The molecule has 0 unspecified atom stereocenters. The van der Waals surface area contributed by atoms with Crippen molar-refractivity contribution in [2.45, 2.75) is 38.8 Å². The Labute approximate surface area is 119 Å². The molecule has 4 heteroatoms. The van der Waals surface area contributed by atoms with Gasteiger partial charge in [0, 0.05) is 18.2 Å². The molecule has 1 aromatic carbocycles. The third-order valence-corrected chi connectivity index (χ3v) is 4.06. The van der Waals surface area contributed by atoms with E-state index in [9.17, 15) is 4.39 Å². The molecule has 0 bridgehead atoms. The van der Waals surface area contributed by atoms with Gasteiger partial charge in [-0.25, -0.2) is 4.39 Å². The van der Waals surface area contributed by atoms with Crippen molar-refractivity contribution in [1.29, 1.82) is 0 Å². The molecule has 2 rings (SSSR count). The van der Waals surface area contributed by atoms with Crippen LogP contribution in [0.1, 0.15) is 31.7 Å². The first-order valence-electron chi connectivity index (χ1n) is 7.02. The van der Waals surface area contributed by atoms with Crippen LogP contribution in [0, 0.1) is 5.82 Å². The maximum absolute atomic E-state index is 13.3. The second-order valence-electron chi connectivity index (χ2n) is 4.81. The summed E-state index contributed by atoms with van der Waals surface area (Å²) in [7, 11) is 0. The van der Waals surface area contributed by atoms with Crippen LogP contribution in [0.5, 0.6) is 5.75 Å². The van der Waals surface area contributed by atoms with E-state index in [0.29, 0.717) is 19.2 Å². The third-order valence-electron chi connectivity index (χ3n) is 3.08. The highest BCUT2D eigenvalue weighted by Gasteiger charge is 2.20. The van der Waals surface area contributed by atoms with Crippen molar-refractivity contribution in [3.05, 3.63) is 29.6 Å². The smallest absolute Gasteiger partial charge is 0.123 e. The van der Waals surface area contributed by atoms with Crippen molar-refractivity contribution in [2.75, 3.05) is 18.1 Å². The van der Waals surface area contributed by atoms with Gasteiger partial charge in [0.25, 0.3) is 0 Å². The van der Waals surface area contributed by atoms with Crippen LogP contribution in [0.15, 0.2) is 18.2 Å². The molecule has 2 nitrogen and oxygen atoms in total. The quantitative estimate of drug-likeness (QED) is 0.700. The molecule has 1 saturated carbocycles. The minimum Gasteiger partial charge on any atom is -0.493 e. The van der Waals surface area contributed by atoms with E-state index in [0.717, 1.165) is 29.2 Å². The second-order valence-corrected chi connectivity index (χ2v) is 6.20. The predicted octanol–water partition coefficient (Wildman–Crippen LogP) is 3.60. The lowest BCUT2D eigenvalue weighted by Crippen LogP contribution is -2.16. The molecule has 0 aliphatic heterocycles. The molecular weight excluding hydrogens is 261 g/mol. The SMILES string of the molecule is CCSCCCOc1ccc(F)cc1CNC1CC1. The van der Waals surface area contributed by atoms with Gasteiger partial charge in [0.2, 0.25) is 0 Å². The second kappa shape index (κ2) is 7.75. The summed E-state index contributed by atoms with van der Waals surface area (Å²) in [5.74, 6) is 2.89. The van der Waals surface area contributed by atoms with Gasteiger partial charge in [-0.1, -0.05) is 6.92 Å². The summed E-state index contributed by atoms with van der Waals surface area (Å²) >= 11 is 1.92. The first-order valence-corrected chi connectivity index (χ1v) is 8.17. The Morgan fingerprint density at radius 2 is 2.26 bits per heavy atom. The molecule has 0 aromatic heterocycles. The van der Waals surface area contributed by atoms with Crippen LogP contribution in [-0.2, 0) is 6.54 Å². The Bertz CT molecular complexity index is 396. The highest BCUT2D eigenvalue weighted by molar-refractivity contribution is 7.99. The molecule has 0 amide bonds. The third kappa shape index (κ3) is 5.41. The number of rotatable bonds is 9. The van der Waals surface area contributed by atoms with Gasteiger partial charge in [-0.15, -0.1) is 0 Å². The molecule has 1 aliphatic carbocycles. The van der Waals surface area contributed by atoms with Gasteiger partial charge in [-0.05, 0) is 49.0 Å². The van der Waals surface area contributed by atoms with Crippen molar-refractivity contribution < 1.29 is 9.13 Å². The predicted molar refractivity (Wildman–Crippen MR) is 79.4 cm³/mol. The van der Waals surface area contributed by atoms with E-state index in [2.05, 4.69) is 12.2 Å². The van der Waals surface area contributed by atoms with Gasteiger partial charge in [0.1, 0.15) is 11.6 Å². The van der Waals surface area contributed by atoms with Crippen LogP contribution >= 0.6 is 11.8 Å². The summed E-state index contributed by atoms with van der Waals surface area (Å²) in [5, 5.41) is 3.40. The van der Waals surface area contributed by atoms with Gasteiger partial charge in [-0.3, -0.25) is 0 Å². The Balaban J connectivity index is 1.82. The maximum Gasteiger partial charge on any atom is 0.123 e. The van der Waals surface area contributed by atoms with E-state index in [1.165, 1.54) is 18.9 Å². The van der Waals surface area contributed by atoms with Crippen molar-refractivity contribution in [1.82, 2.24) is 5.32 Å². The lowest BCUT2D eigenvalue weighted by atomic mass is 10.2. The van der Waals surface area contributed by atoms with Crippen molar-refractivity contribution in [2.24, 2.45) is 0 Å². The number of thioether (sulfide) groups is 1. The Kier molecular flexibility index (Phi) is 5.98. The lowest BCUT2D eigenvalue weighted by molar-refractivity contribution is 0.314. The van der Waals surface area contributed by atoms with E-state index in [1.807, 2.05) is 11.8 Å². The van der Waals surface area contributed by atoms with E-state index in [1.54, 1.807) is 12.1 Å². The highest BCUT2D eigenvalue weighted by Crippen LogP contribution is 2.23. The molecule has 0 heterocycles. The van der Waals surface area contributed by atoms with Crippen molar-refractivity contribution in [3.63, 3.8) is 0 Å². The van der Waals surface area contributed by atoms with Crippen LogP contribution in [0.3, 0.4) is 0 Å². The van der Waals surface area contributed by atoms with Crippen LogP contribution in [-0.4, -0.2) is 24.2 Å². The van der Waals surface area contributed by atoms with E-state index in [-0.39, 0.29) is 5.82 Å². The summed E-state index contributed by atoms with van der Waals surface area (Å²) < 4.78 is 19.1. The summed E-state index contributed by atoms with van der Waals surface area (Å²) in [5.41, 5.74) is 0.926. The summed E-state index contributed by atoms with van der Waals surface area (Å²) in [6, 6.07) is 5.41. The summed E-state index contributed by atoms with van der Waals surface area (Å²) in [6.07, 6.45) is 3.50. The topological polar surface area (TPSA) is 21.3 Å². The number of nitrogens with one attached hydrogen (secondary N) is 1. The minimum absolute atomic E-state index is 0.193. The number of hydrogen-bond acceptors (Lipinski definition) is 3. The van der Waals surface area contributed by atoms with E-state index < -0.39 is 0 Å². The summed E-state index contributed by atoms with van der Waals surface area (Å²) in [6.45, 7) is 3.56. The lowest BCUT2D eigenvalue weighted by Gasteiger charge is -2.12. The zero-order valence-electron chi connectivity index (χ0n) is 11.5. The van der Waals surface area contributed by atoms with Crippen LogP contribution in [0.4, 0.5) is 4.39 Å². The molecule has 1 N–H and O–H groups in total. The summed E-state index contributed by atoms with van der Waals surface area (Å²) in [4.78, 5) is 0. The molecule has 19 heavy (non-hydrogen) atoms. The van der Waals surface area contributed by atoms with Crippen LogP contribution < -0.4 is 10.1 Å². The Morgan fingerprint density at radius 3 is 3.00 bits per heavy atom. The average molecular weight is 283 g/mol. The number of halogens is 1. The molecule has 106 valence electrons. The zero-order valence-corrected chi connectivity index (χ0v) is 12.3.